The van der Waals surface area contributed by atoms with Crippen molar-refractivity contribution in [2.45, 2.75) is 0 Å². The molecule has 0 aromatic heterocycles. The van der Waals surface area contributed by atoms with Gasteiger partial charge in [0.1, 0.15) is 0 Å². The van der Waals surface area contributed by atoms with Gasteiger partial charge in [-0.3, -0.25) is 0 Å². The van der Waals surface area contributed by atoms with Crippen LogP contribution in [0.15, 0.2) is 205 Å². The second-order valence-electron chi connectivity index (χ2n) is 11.4. The van der Waals surface area contributed by atoms with Gasteiger partial charge in [-0.25, -0.2) is 5.01 Å². The maximum absolute atomic E-state index is 4.89. The Labute approximate surface area is 283 Å². The molecular weight excluding hydrogens is 583 g/mol. The van der Waals surface area contributed by atoms with Gasteiger partial charge in [0.25, 0.3) is 0 Å². The third-order valence-corrected chi connectivity index (χ3v) is 8.12. The summed E-state index contributed by atoms with van der Waals surface area (Å²) in [6, 6.07) is 69.4. The summed E-state index contributed by atoms with van der Waals surface area (Å²) in [5.74, 6) is 0. The van der Waals surface area contributed by atoms with Crippen LogP contribution in [-0.2, 0) is 0 Å². The van der Waals surface area contributed by atoms with Crippen LogP contribution in [-0.4, -0.2) is 6.21 Å². The molecule has 0 aliphatic rings. The van der Waals surface area contributed by atoms with E-state index in [-0.39, 0.29) is 0 Å². The van der Waals surface area contributed by atoms with Crippen molar-refractivity contribution in [3.05, 3.63) is 222 Å². The number of rotatable bonds is 10. The number of hydrazone groups is 1. The van der Waals surface area contributed by atoms with Gasteiger partial charge in [-0.05, 0) is 94.6 Å². The average molecular weight is 618 g/mol. The van der Waals surface area contributed by atoms with E-state index in [2.05, 4.69) is 175 Å². The molecule has 3 nitrogen and oxygen atoms in total. The van der Waals surface area contributed by atoms with Crippen molar-refractivity contribution < 1.29 is 0 Å². The average Bonchev–Trinajstić information content (AvgIpc) is 3.17. The maximum Gasteiger partial charge on any atom is 0.0652 e. The second-order valence-corrected chi connectivity index (χ2v) is 11.4. The summed E-state index contributed by atoms with van der Waals surface area (Å²) in [6.45, 7) is 0. The minimum atomic E-state index is 1.00. The third kappa shape index (κ3) is 7.17. The zero-order valence-corrected chi connectivity index (χ0v) is 26.5. The van der Waals surface area contributed by atoms with Gasteiger partial charge in [-0.15, -0.1) is 0 Å². The highest BCUT2D eigenvalue weighted by atomic mass is 15.5. The Morgan fingerprint density at radius 3 is 1.15 bits per heavy atom. The molecule has 0 amide bonds. The first kappa shape index (κ1) is 30.2. The molecule has 0 fully saturated rings. The van der Waals surface area contributed by atoms with E-state index in [1.807, 2.05) is 47.6 Å². The van der Waals surface area contributed by atoms with E-state index in [1.54, 1.807) is 0 Å². The lowest BCUT2D eigenvalue weighted by Gasteiger charge is -2.25. The van der Waals surface area contributed by atoms with E-state index < -0.39 is 0 Å². The number of anilines is 5. The van der Waals surface area contributed by atoms with Crippen molar-refractivity contribution in [3.8, 4) is 0 Å². The molecule has 230 valence electrons. The highest BCUT2D eigenvalue weighted by molar-refractivity contribution is 5.92. The second kappa shape index (κ2) is 14.8. The first-order valence-electron chi connectivity index (χ1n) is 16.1. The van der Waals surface area contributed by atoms with Gasteiger partial charge in [-0.1, -0.05) is 140 Å². The van der Waals surface area contributed by atoms with Crippen LogP contribution < -0.4 is 9.91 Å². The monoisotopic (exact) mass is 617 g/mol. The normalized spacial score (nSPS) is 10.8. The lowest BCUT2D eigenvalue weighted by atomic mass is 9.95. The molecule has 0 aliphatic heterocycles. The molecule has 0 spiro atoms. The molecule has 7 aromatic carbocycles. The predicted molar refractivity (Wildman–Crippen MR) is 204 cm³/mol. The summed E-state index contributed by atoms with van der Waals surface area (Å²) < 4.78 is 0. The Balaban J connectivity index is 1.19. The molecule has 0 unspecified atom stereocenters. The standard InChI is InChI=1S/C45H35N3/c1-6-16-38(17-7-1)45(39-18-8-2-9-19-39)34-36-26-30-41(31-27-36)47(40-20-10-3-11-21-40)42-32-28-37(29-33-42)35-46-48(43-22-12-4-13-23-43)44-24-14-5-15-25-44/h1-35H. The van der Waals surface area contributed by atoms with Crippen LogP contribution in [0, 0.1) is 0 Å². The molecule has 0 saturated carbocycles. The summed E-state index contributed by atoms with van der Waals surface area (Å²) in [5.41, 5.74) is 11.0. The minimum absolute atomic E-state index is 1.00. The topological polar surface area (TPSA) is 18.8 Å². The lowest BCUT2D eigenvalue weighted by molar-refractivity contribution is 1.09. The largest absolute Gasteiger partial charge is 0.311 e. The van der Waals surface area contributed by atoms with Crippen molar-refractivity contribution in [2.24, 2.45) is 5.10 Å². The van der Waals surface area contributed by atoms with Crippen LogP contribution >= 0.6 is 0 Å². The molecule has 0 atom stereocenters. The Morgan fingerprint density at radius 2 is 0.708 bits per heavy atom. The first-order valence-corrected chi connectivity index (χ1v) is 16.1. The summed E-state index contributed by atoms with van der Waals surface area (Å²) in [4.78, 5) is 2.28. The fraction of sp³-hybridized carbons (Fsp3) is 0. The van der Waals surface area contributed by atoms with Crippen LogP contribution in [0.1, 0.15) is 22.3 Å². The van der Waals surface area contributed by atoms with Gasteiger partial charge in [0.15, 0.2) is 0 Å². The Kier molecular flexibility index (Phi) is 9.29. The molecule has 0 radical (unpaired) electrons. The van der Waals surface area contributed by atoms with Crippen LogP contribution in [0.4, 0.5) is 28.4 Å². The molecular formula is C45H35N3. The molecule has 0 bridgehead atoms. The van der Waals surface area contributed by atoms with Crippen molar-refractivity contribution in [1.29, 1.82) is 0 Å². The summed E-state index contributed by atoms with van der Waals surface area (Å²) in [7, 11) is 0. The number of para-hydroxylation sites is 3. The molecule has 48 heavy (non-hydrogen) atoms. The van der Waals surface area contributed by atoms with Gasteiger partial charge in [0.05, 0.1) is 17.6 Å². The minimum Gasteiger partial charge on any atom is -0.311 e. The van der Waals surface area contributed by atoms with Crippen molar-refractivity contribution in [3.63, 3.8) is 0 Å². The lowest BCUT2D eigenvalue weighted by Crippen LogP contribution is -2.10. The van der Waals surface area contributed by atoms with Crippen LogP contribution in [0.5, 0.6) is 0 Å². The van der Waals surface area contributed by atoms with E-state index in [0.717, 1.165) is 39.6 Å². The number of hydrogen-bond acceptors (Lipinski definition) is 3. The van der Waals surface area contributed by atoms with Gasteiger partial charge in [-0.2, -0.15) is 5.10 Å². The van der Waals surface area contributed by atoms with Gasteiger partial charge in [0.2, 0.25) is 0 Å². The van der Waals surface area contributed by atoms with Crippen molar-refractivity contribution in [2.75, 3.05) is 9.91 Å². The quantitative estimate of drug-likeness (QED) is 0.0864. The molecule has 7 aromatic rings. The smallest absolute Gasteiger partial charge is 0.0652 e. The Morgan fingerprint density at radius 1 is 0.354 bits per heavy atom. The Bertz CT molecular complexity index is 1990. The van der Waals surface area contributed by atoms with E-state index in [1.165, 1.54) is 16.7 Å². The van der Waals surface area contributed by atoms with Crippen molar-refractivity contribution in [1.82, 2.24) is 0 Å². The molecule has 3 heteroatoms. The van der Waals surface area contributed by atoms with E-state index >= 15 is 0 Å². The highest BCUT2D eigenvalue weighted by Crippen LogP contribution is 2.35. The summed E-state index contributed by atoms with van der Waals surface area (Å²) >= 11 is 0. The third-order valence-electron chi connectivity index (χ3n) is 8.12. The van der Waals surface area contributed by atoms with Gasteiger partial charge < -0.3 is 4.90 Å². The summed E-state index contributed by atoms with van der Waals surface area (Å²) in [6.07, 6.45) is 4.18. The zero-order chi connectivity index (χ0) is 32.4. The maximum atomic E-state index is 4.89. The first-order chi connectivity index (χ1) is 23.8. The highest BCUT2D eigenvalue weighted by Gasteiger charge is 2.13. The number of benzene rings is 7. The van der Waals surface area contributed by atoms with Crippen LogP contribution in [0.3, 0.4) is 0 Å². The molecule has 7 rings (SSSR count). The molecule has 0 heterocycles. The van der Waals surface area contributed by atoms with Gasteiger partial charge >= 0.3 is 0 Å². The fourth-order valence-corrected chi connectivity index (χ4v) is 5.73. The molecule has 0 N–H and O–H groups in total. The van der Waals surface area contributed by atoms with Crippen LogP contribution in [0.25, 0.3) is 11.6 Å². The van der Waals surface area contributed by atoms with E-state index in [0.29, 0.717) is 0 Å². The molecule has 0 aliphatic carbocycles. The summed E-state index contributed by atoms with van der Waals surface area (Å²) in [5, 5.41) is 6.85. The number of nitrogens with zero attached hydrogens (tertiary/aromatic N) is 3. The fourth-order valence-electron chi connectivity index (χ4n) is 5.73. The van der Waals surface area contributed by atoms with Gasteiger partial charge in [0, 0.05) is 17.1 Å². The van der Waals surface area contributed by atoms with E-state index in [4.69, 9.17) is 5.10 Å². The number of hydrogen-bond donors (Lipinski definition) is 0. The van der Waals surface area contributed by atoms with Crippen LogP contribution in [0.2, 0.25) is 0 Å². The molecule has 0 saturated heterocycles. The SMILES string of the molecule is C(=NN(c1ccccc1)c1ccccc1)c1ccc(N(c2ccccc2)c2ccc(C=C(c3ccccc3)c3ccccc3)cc2)cc1. The van der Waals surface area contributed by atoms with E-state index in [9.17, 15) is 0 Å². The predicted octanol–water partition coefficient (Wildman–Crippen LogP) is 11.9. The van der Waals surface area contributed by atoms with Crippen molar-refractivity contribution >= 4 is 46.3 Å². The zero-order valence-electron chi connectivity index (χ0n) is 26.5. The Hall–Kier alpha value is -6.45.